The van der Waals surface area contributed by atoms with Crippen molar-refractivity contribution in [2.45, 2.75) is 13.3 Å². The summed E-state index contributed by atoms with van der Waals surface area (Å²) in [5.41, 5.74) is 1.55. The summed E-state index contributed by atoms with van der Waals surface area (Å²) in [4.78, 5) is 23.3. The lowest BCUT2D eigenvalue weighted by atomic mass is 10.2. The minimum Gasteiger partial charge on any atom is -0.493 e. The number of rotatable bonds is 7. The number of ether oxygens (including phenoxy) is 2. The number of carbonyl (C=O) groups excluding carboxylic acids is 2. The Balaban J connectivity index is 1.67. The van der Waals surface area contributed by atoms with Crippen molar-refractivity contribution >= 4 is 29.2 Å². The van der Waals surface area contributed by atoms with Gasteiger partial charge >= 0.3 is 5.97 Å². The van der Waals surface area contributed by atoms with Crippen LogP contribution in [0.5, 0.6) is 5.75 Å². The van der Waals surface area contributed by atoms with Gasteiger partial charge in [0.2, 0.25) is 0 Å². The largest absolute Gasteiger partial charge is 0.493 e. The molecular formula is C18H18ClNO4. The molecule has 1 N–H and O–H groups in total. The topological polar surface area (TPSA) is 64.6 Å². The van der Waals surface area contributed by atoms with Crippen molar-refractivity contribution in [3.05, 3.63) is 59.1 Å². The number of amides is 1. The second-order valence-electron chi connectivity index (χ2n) is 5.10. The zero-order valence-electron chi connectivity index (χ0n) is 13.3. The van der Waals surface area contributed by atoms with Crippen LogP contribution in [-0.4, -0.2) is 25.1 Å². The van der Waals surface area contributed by atoms with Crippen LogP contribution >= 0.6 is 11.6 Å². The van der Waals surface area contributed by atoms with Gasteiger partial charge in [0.1, 0.15) is 5.75 Å². The molecule has 6 heteroatoms. The number of nitrogens with one attached hydrogen (secondary N) is 1. The van der Waals surface area contributed by atoms with Crippen molar-refractivity contribution in [3.8, 4) is 5.75 Å². The molecule has 126 valence electrons. The lowest BCUT2D eigenvalue weighted by Crippen LogP contribution is -2.21. The van der Waals surface area contributed by atoms with E-state index in [0.717, 1.165) is 5.56 Å². The van der Waals surface area contributed by atoms with Crippen LogP contribution in [0, 0.1) is 6.92 Å². The fourth-order valence-corrected chi connectivity index (χ4v) is 2.11. The summed E-state index contributed by atoms with van der Waals surface area (Å²) in [5, 5.41) is 2.99. The van der Waals surface area contributed by atoms with Gasteiger partial charge in [0.25, 0.3) is 5.91 Å². The number of esters is 1. The Hall–Kier alpha value is -2.53. The summed E-state index contributed by atoms with van der Waals surface area (Å²) < 4.78 is 10.4. The Kier molecular flexibility index (Phi) is 6.63. The Morgan fingerprint density at radius 1 is 1.12 bits per heavy atom. The molecular weight excluding hydrogens is 330 g/mol. The van der Waals surface area contributed by atoms with Crippen LogP contribution < -0.4 is 10.1 Å². The summed E-state index contributed by atoms with van der Waals surface area (Å²) >= 11 is 5.93. The van der Waals surface area contributed by atoms with E-state index in [1.807, 2.05) is 31.2 Å². The number of para-hydroxylation sites is 1. The van der Waals surface area contributed by atoms with Gasteiger partial charge in [-0.15, -0.1) is 0 Å². The highest BCUT2D eigenvalue weighted by Crippen LogP contribution is 2.20. The Labute approximate surface area is 145 Å². The van der Waals surface area contributed by atoms with Crippen molar-refractivity contribution in [1.29, 1.82) is 0 Å². The number of benzene rings is 2. The van der Waals surface area contributed by atoms with E-state index in [9.17, 15) is 9.59 Å². The number of hydrogen-bond acceptors (Lipinski definition) is 4. The van der Waals surface area contributed by atoms with E-state index in [1.165, 1.54) is 0 Å². The summed E-state index contributed by atoms with van der Waals surface area (Å²) in [7, 11) is 0. The fourth-order valence-electron chi connectivity index (χ4n) is 1.92. The number of hydrogen-bond donors (Lipinski definition) is 1. The molecule has 0 saturated heterocycles. The standard InChI is InChI=1S/C18H18ClNO4/c1-13-5-4-6-14(11-13)23-10-9-18(22)24-12-17(21)20-16-8-3-2-7-15(16)19/h2-8,11H,9-10,12H2,1H3,(H,20,21). The van der Waals surface area contributed by atoms with E-state index < -0.39 is 11.9 Å². The Morgan fingerprint density at radius 2 is 1.92 bits per heavy atom. The van der Waals surface area contributed by atoms with Gasteiger partial charge in [0, 0.05) is 0 Å². The normalized spacial score (nSPS) is 10.1. The van der Waals surface area contributed by atoms with Gasteiger partial charge in [-0.2, -0.15) is 0 Å². The predicted molar refractivity (Wildman–Crippen MR) is 92.3 cm³/mol. The van der Waals surface area contributed by atoms with E-state index in [4.69, 9.17) is 21.1 Å². The lowest BCUT2D eigenvalue weighted by molar-refractivity contribution is -0.147. The maximum atomic E-state index is 11.7. The molecule has 5 nitrogen and oxygen atoms in total. The van der Waals surface area contributed by atoms with Crippen LogP contribution in [-0.2, 0) is 14.3 Å². The quantitative estimate of drug-likeness (QED) is 0.777. The van der Waals surface area contributed by atoms with E-state index in [2.05, 4.69) is 5.32 Å². The van der Waals surface area contributed by atoms with E-state index in [1.54, 1.807) is 24.3 Å². The van der Waals surface area contributed by atoms with Crippen LogP contribution in [0.1, 0.15) is 12.0 Å². The second kappa shape index (κ2) is 8.93. The van der Waals surface area contributed by atoms with E-state index in [0.29, 0.717) is 16.5 Å². The highest BCUT2D eigenvalue weighted by Gasteiger charge is 2.09. The van der Waals surface area contributed by atoms with Gasteiger partial charge in [0.15, 0.2) is 6.61 Å². The minimum atomic E-state index is -0.503. The van der Waals surface area contributed by atoms with E-state index in [-0.39, 0.29) is 19.6 Å². The van der Waals surface area contributed by atoms with Crippen LogP contribution in [0.15, 0.2) is 48.5 Å². The van der Waals surface area contributed by atoms with Crippen molar-refractivity contribution in [2.24, 2.45) is 0 Å². The third-order valence-electron chi connectivity index (χ3n) is 3.08. The van der Waals surface area contributed by atoms with Crippen molar-refractivity contribution in [2.75, 3.05) is 18.5 Å². The average Bonchev–Trinajstić information content (AvgIpc) is 2.55. The predicted octanol–water partition coefficient (Wildman–Crippen LogP) is 3.60. The molecule has 1 amide bonds. The van der Waals surface area contributed by atoms with Gasteiger partial charge in [-0.3, -0.25) is 9.59 Å². The SMILES string of the molecule is Cc1cccc(OCCC(=O)OCC(=O)Nc2ccccc2Cl)c1. The Bertz CT molecular complexity index is 718. The molecule has 0 heterocycles. The van der Waals surface area contributed by atoms with Crippen LogP contribution in [0.4, 0.5) is 5.69 Å². The molecule has 2 aromatic rings. The Morgan fingerprint density at radius 3 is 2.67 bits per heavy atom. The molecule has 0 bridgehead atoms. The zero-order chi connectivity index (χ0) is 17.4. The highest BCUT2D eigenvalue weighted by atomic mass is 35.5. The van der Waals surface area contributed by atoms with Crippen LogP contribution in [0.2, 0.25) is 5.02 Å². The first-order chi connectivity index (χ1) is 11.5. The number of carbonyl (C=O) groups is 2. The first kappa shape index (κ1) is 17.8. The first-order valence-electron chi connectivity index (χ1n) is 7.44. The first-order valence-corrected chi connectivity index (χ1v) is 7.82. The molecule has 0 radical (unpaired) electrons. The van der Waals surface area contributed by atoms with Gasteiger partial charge in [-0.05, 0) is 36.8 Å². The van der Waals surface area contributed by atoms with Crippen LogP contribution in [0.25, 0.3) is 0 Å². The third-order valence-corrected chi connectivity index (χ3v) is 3.41. The van der Waals surface area contributed by atoms with Gasteiger partial charge in [-0.1, -0.05) is 35.9 Å². The molecule has 0 aliphatic carbocycles. The molecule has 2 rings (SSSR count). The van der Waals surface area contributed by atoms with Gasteiger partial charge in [0.05, 0.1) is 23.7 Å². The summed E-state index contributed by atoms with van der Waals surface area (Å²) in [6, 6.07) is 14.4. The number of anilines is 1. The third kappa shape index (κ3) is 5.93. The van der Waals surface area contributed by atoms with Crippen molar-refractivity contribution < 1.29 is 19.1 Å². The average molecular weight is 348 g/mol. The molecule has 0 aliphatic rings. The monoisotopic (exact) mass is 347 g/mol. The number of halogens is 1. The maximum absolute atomic E-state index is 11.7. The zero-order valence-corrected chi connectivity index (χ0v) is 14.0. The molecule has 0 atom stereocenters. The van der Waals surface area contributed by atoms with Crippen molar-refractivity contribution in [1.82, 2.24) is 0 Å². The lowest BCUT2D eigenvalue weighted by Gasteiger charge is -2.09. The molecule has 2 aromatic carbocycles. The maximum Gasteiger partial charge on any atom is 0.309 e. The molecule has 0 fully saturated rings. The van der Waals surface area contributed by atoms with Gasteiger partial charge < -0.3 is 14.8 Å². The molecule has 24 heavy (non-hydrogen) atoms. The fraction of sp³-hybridized carbons (Fsp3) is 0.222. The molecule has 0 saturated carbocycles. The molecule has 0 aliphatic heterocycles. The highest BCUT2D eigenvalue weighted by molar-refractivity contribution is 6.33. The summed E-state index contributed by atoms with van der Waals surface area (Å²) in [6.07, 6.45) is 0.0628. The van der Waals surface area contributed by atoms with Crippen molar-refractivity contribution in [3.63, 3.8) is 0 Å². The second-order valence-corrected chi connectivity index (χ2v) is 5.51. The molecule has 0 aromatic heterocycles. The summed E-state index contributed by atoms with van der Waals surface area (Å²) in [6.45, 7) is 1.78. The smallest absolute Gasteiger partial charge is 0.309 e. The molecule has 0 spiro atoms. The molecule has 0 unspecified atom stereocenters. The van der Waals surface area contributed by atoms with E-state index >= 15 is 0 Å². The van der Waals surface area contributed by atoms with Gasteiger partial charge in [-0.25, -0.2) is 0 Å². The summed E-state index contributed by atoms with van der Waals surface area (Å²) in [5.74, 6) is -0.257. The number of aryl methyl sites for hydroxylation is 1. The van der Waals surface area contributed by atoms with Crippen LogP contribution in [0.3, 0.4) is 0 Å². The minimum absolute atomic E-state index is 0.0628.